The summed E-state index contributed by atoms with van der Waals surface area (Å²) in [5.74, 6) is 0.283. The summed E-state index contributed by atoms with van der Waals surface area (Å²) in [7, 11) is 0. The molecule has 1 N–H and O–H groups in total. The quantitative estimate of drug-likeness (QED) is 0.850. The van der Waals surface area contributed by atoms with Crippen LogP contribution in [0.15, 0.2) is 9.85 Å². The molecule has 3 heteroatoms. The first kappa shape index (κ1) is 10.2. The number of aliphatic hydroxyl groups excluding tert-OH is 1. The Morgan fingerprint density at radius 1 is 1.50 bits per heavy atom. The molecule has 12 heavy (non-hydrogen) atoms. The summed E-state index contributed by atoms with van der Waals surface area (Å²) in [6.45, 7) is 6.09. The van der Waals surface area contributed by atoms with E-state index in [1.165, 1.54) is 4.88 Å². The molecule has 1 nitrogen and oxygen atoms in total. The van der Waals surface area contributed by atoms with Crippen molar-refractivity contribution in [1.29, 1.82) is 0 Å². The van der Waals surface area contributed by atoms with Gasteiger partial charge in [0.05, 0.1) is 9.89 Å². The van der Waals surface area contributed by atoms with Crippen LogP contribution < -0.4 is 0 Å². The number of aliphatic hydroxyl groups is 1. The van der Waals surface area contributed by atoms with Crippen LogP contribution in [0, 0.1) is 12.8 Å². The molecule has 68 valence electrons. The highest BCUT2D eigenvalue weighted by Crippen LogP contribution is 2.33. The van der Waals surface area contributed by atoms with Gasteiger partial charge >= 0.3 is 0 Å². The number of hydrogen-bond acceptors (Lipinski definition) is 2. The normalized spacial score (nSPS) is 13.8. The van der Waals surface area contributed by atoms with E-state index in [2.05, 4.69) is 15.9 Å². The Kier molecular flexibility index (Phi) is 3.32. The van der Waals surface area contributed by atoms with Crippen LogP contribution in [0.3, 0.4) is 0 Å². The molecule has 0 spiro atoms. The number of thiophene rings is 1. The van der Waals surface area contributed by atoms with Crippen LogP contribution in [0.5, 0.6) is 0 Å². The lowest BCUT2D eigenvalue weighted by Gasteiger charge is -2.13. The molecule has 0 amide bonds. The lowest BCUT2D eigenvalue weighted by atomic mass is 10.0. The summed E-state index contributed by atoms with van der Waals surface area (Å²) >= 11 is 5.08. The predicted molar refractivity (Wildman–Crippen MR) is 56.6 cm³/mol. The maximum absolute atomic E-state index is 9.78. The zero-order valence-corrected chi connectivity index (χ0v) is 9.87. The molecule has 0 aromatic carbocycles. The highest BCUT2D eigenvalue weighted by Gasteiger charge is 2.16. The van der Waals surface area contributed by atoms with Gasteiger partial charge < -0.3 is 5.11 Å². The minimum absolute atomic E-state index is 0.283. The van der Waals surface area contributed by atoms with E-state index in [9.17, 15) is 5.11 Å². The van der Waals surface area contributed by atoms with Crippen molar-refractivity contribution in [3.63, 3.8) is 0 Å². The number of hydrogen-bond donors (Lipinski definition) is 1. The van der Waals surface area contributed by atoms with E-state index in [4.69, 9.17) is 0 Å². The van der Waals surface area contributed by atoms with Crippen LogP contribution in [0.2, 0.25) is 0 Å². The number of rotatable bonds is 2. The van der Waals surface area contributed by atoms with Gasteiger partial charge in [0.25, 0.3) is 0 Å². The fourth-order valence-electron chi connectivity index (χ4n) is 1.11. The fourth-order valence-corrected chi connectivity index (χ4v) is 2.86. The van der Waals surface area contributed by atoms with Crippen molar-refractivity contribution in [2.75, 3.05) is 0 Å². The van der Waals surface area contributed by atoms with Crippen molar-refractivity contribution in [2.24, 2.45) is 5.92 Å². The Morgan fingerprint density at radius 3 is 2.42 bits per heavy atom. The van der Waals surface area contributed by atoms with E-state index in [0.29, 0.717) is 0 Å². The lowest BCUT2D eigenvalue weighted by Crippen LogP contribution is -2.04. The Balaban J connectivity index is 2.94. The topological polar surface area (TPSA) is 20.2 Å². The molecule has 0 bridgehead atoms. The molecule has 0 aliphatic carbocycles. The van der Waals surface area contributed by atoms with Gasteiger partial charge in [0.1, 0.15) is 0 Å². The Bertz CT molecular complexity index is 267. The first-order valence-electron chi connectivity index (χ1n) is 3.96. The minimum atomic E-state index is -0.326. The molecule has 1 aromatic heterocycles. The molecule has 1 heterocycles. The van der Waals surface area contributed by atoms with E-state index in [1.54, 1.807) is 11.3 Å². The van der Waals surface area contributed by atoms with E-state index in [0.717, 1.165) is 9.35 Å². The molecule has 0 saturated carbocycles. The van der Waals surface area contributed by atoms with Gasteiger partial charge in [0.15, 0.2) is 0 Å². The van der Waals surface area contributed by atoms with E-state index < -0.39 is 0 Å². The first-order valence-corrected chi connectivity index (χ1v) is 5.57. The molecule has 0 radical (unpaired) electrons. The van der Waals surface area contributed by atoms with Gasteiger partial charge in [-0.1, -0.05) is 13.8 Å². The van der Waals surface area contributed by atoms with Gasteiger partial charge in [-0.05, 0) is 40.4 Å². The molecule has 1 rings (SSSR count). The van der Waals surface area contributed by atoms with Gasteiger partial charge in [-0.2, -0.15) is 0 Å². The molecule has 0 saturated heterocycles. The maximum Gasteiger partial charge on any atom is 0.0823 e. The average Bonchev–Trinajstić information content (AvgIpc) is 2.28. The van der Waals surface area contributed by atoms with Crippen molar-refractivity contribution in [3.8, 4) is 0 Å². The summed E-state index contributed by atoms with van der Waals surface area (Å²) in [4.78, 5) is 1.20. The zero-order chi connectivity index (χ0) is 9.30. The van der Waals surface area contributed by atoms with Gasteiger partial charge in [-0.25, -0.2) is 0 Å². The third-order valence-corrected chi connectivity index (χ3v) is 3.45. The van der Waals surface area contributed by atoms with Gasteiger partial charge in [0.2, 0.25) is 0 Å². The van der Waals surface area contributed by atoms with E-state index >= 15 is 0 Å². The van der Waals surface area contributed by atoms with Crippen LogP contribution in [-0.4, -0.2) is 5.11 Å². The van der Waals surface area contributed by atoms with E-state index in [1.807, 2.05) is 26.8 Å². The molecule has 1 unspecified atom stereocenters. The van der Waals surface area contributed by atoms with Crippen molar-refractivity contribution in [3.05, 3.63) is 20.3 Å². The smallest absolute Gasteiger partial charge is 0.0823 e. The maximum atomic E-state index is 9.78. The minimum Gasteiger partial charge on any atom is -0.388 e. The zero-order valence-electron chi connectivity index (χ0n) is 7.47. The number of halogens is 1. The summed E-state index contributed by atoms with van der Waals surface area (Å²) in [5, 5.41) is 9.78. The second-order valence-corrected chi connectivity index (χ2v) is 5.89. The second kappa shape index (κ2) is 3.90. The van der Waals surface area contributed by atoms with Crippen LogP contribution in [0.4, 0.5) is 0 Å². The van der Waals surface area contributed by atoms with Crippen molar-refractivity contribution in [2.45, 2.75) is 26.9 Å². The molecular weight excluding hydrogens is 236 g/mol. The third-order valence-electron chi connectivity index (χ3n) is 1.88. The Morgan fingerprint density at radius 2 is 2.08 bits per heavy atom. The first-order chi connectivity index (χ1) is 5.52. The van der Waals surface area contributed by atoms with Crippen LogP contribution >= 0.6 is 27.3 Å². The molecule has 0 aliphatic heterocycles. The third kappa shape index (κ3) is 2.09. The number of aryl methyl sites for hydroxylation is 1. The van der Waals surface area contributed by atoms with Gasteiger partial charge in [-0.3, -0.25) is 0 Å². The van der Waals surface area contributed by atoms with Crippen molar-refractivity contribution < 1.29 is 5.11 Å². The molecular formula is C9H13BrOS. The van der Waals surface area contributed by atoms with Crippen LogP contribution in [0.25, 0.3) is 0 Å². The highest BCUT2D eigenvalue weighted by atomic mass is 79.9. The summed E-state index contributed by atoms with van der Waals surface area (Å²) < 4.78 is 1.09. The predicted octanol–water partition coefficient (Wildman–Crippen LogP) is 3.51. The summed E-state index contributed by atoms with van der Waals surface area (Å²) in [5.41, 5.74) is 1.06. The SMILES string of the molecule is Cc1sc(Br)cc1C(O)C(C)C. The van der Waals surface area contributed by atoms with Crippen LogP contribution in [0.1, 0.15) is 30.4 Å². The summed E-state index contributed by atoms with van der Waals surface area (Å²) in [6.07, 6.45) is -0.326. The fraction of sp³-hybridized carbons (Fsp3) is 0.556. The largest absolute Gasteiger partial charge is 0.388 e. The molecule has 1 aromatic rings. The highest BCUT2D eigenvalue weighted by molar-refractivity contribution is 9.11. The standard InChI is InChI=1S/C9H13BrOS/c1-5(2)9(11)7-4-8(10)12-6(7)3/h4-5,9,11H,1-3H3. The molecule has 0 aliphatic rings. The van der Waals surface area contributed by atoms with Gasteiger partial charge in [0, 0.05) is 4.88 Å². The van der Waals surface area contributed by atoms with E-state index in [-0.39, 0.29) is 12.0 Å². The van der Waals surface area contributed by atoms with Gasteiger partial charge in [-0.15, -0.1) is 11.3 Å². The molecule has 1 atom stereocenters. The lowest BCUT2D eigenvalue weighted by molar-refractivity contribution is 0.127. The Labute approximate surface area is 85.6 Å². The average molecular weight is 249 g/mol. The van der Waals surface area contributed by atoms with Crippen molar-refractivity contribution in [1.82, 2.24) is 0 Å². The van der Waals surface area contributed by atoms with Crippen molar-refractivity contribution >= 4 is 27.3 Å². The monoisotopic (exact) mass is 248 g/mol. The Hall–Kier alpha value is 0.140. The summed E-state index contributed by atoms with van der Waals surface area (Å²) in [6, 6.07) is 2.00. The molecule has 0 fully saturated rings. The second-order valence-electron chi connectivity index (χ2n) is 3.25. The van der Waals surface area contributed by atoms with Crippen LogP contribution in [-0.2, 0) is 0 Å².